The van der Waals surface area contributed by atoms with Gasteiger partial charge in [-0.3, -0.25) is 0 Å². The van der Waals surface area contributed by atoms with Crippen LogP contribution in [0.3, 0.4) is 0 Å². The second kappa shape index (κ2) is 11.0. The normalized spacial score (nSPS) is 11.7. The third-order valence-corrected chi connectivity index (χ3v) is 9.65. The van der Waals surface area contributed by atoms with Crippen LogP contribution in [0.2, 0.25) is 0 Å². The molecule has 2 aromatic heterocycles. The number of hydrogen-bond acceptors (Lipinski definition) is 3. The highest BCUT2D eigenvalue weighted by molar-refractivity contribution is 6.10. The Morgan fingerprint density at radius 2 is 0.796 bits per heavy atom. The van der Waals surface area contributed by atoms with Crippen LogP contribution in [0.1, 0.15) is 0 Å². The van der Waals surface area contributed by atoms with E-state index < -0.39 is 0 Å². The van der Waals surface area contributed by atoms with Crippen molar-refractivity contribution in [2.24, 2.45) is 0 Å². The lowest BCUT2D eigenvalue weighted by molar-refractivity contribution is 0.668. The first-order valence-corrected chi connectivity index (χ1v) is 16.6. The molecule has 0 radical (unpaired) electrons. The third kappa shape index (κ3) is 4.67. The maximum atomic E-state index is 6.17. The van der Waals surface area contributed by atoms with E-state index in [2.05, 4.69) is 157 Å². The Hall–Kier alpha value is -6.58. The van der Waals surface area contributed by atoms with E-state index in [1.165, 1.54) is 33.0 Å². The van der Waals surface area contributed by atoms with Crippen LogP contribution >= 0.6 is 0 Å². The highest BCUT2D eigenvalue weighted by atomic mass is 16.3. The van der Waals surface area contributed by atoms with E-state index in [9.17, 15) is 0 Å². The fraction of sp³-hybridized carbons (Fsp3) is 0. The van der Waals surface area contributed by atoms with Gasteiger partial charge < -0.3 is 13.7 Å². The minimum absolute atomic E-state index is 0.886. The van der Waals surface area contributed by atoms with Gasteiger partial charge in [0.15, 0.2) is 0 Å². The van der Waals surface area contributed by atoms with Crippen LogP contribution in [0, 0.1) is 0 Å². The molecule has 0 aliphatic heterocycles. The third-order valence-electron chi connectivity index (χ3n) is 9.65. The van der Waals surface area contributed by atoms with Gasteiger partial charge in [0.1, 0.15) is 22.3 Å². The van der Waals surface area contributed by atoms with Gasteiger partial charge in [0.2, 0.25) is 0 Å². The number of rotatable bonds is 5. The molecule has 0 bridgehead atoms. The molecule has 49 heavy (non-hydrogen) atoms. The first kappa shape index (κ1) is 27.5. The number of anilines is 3. The van der Waals surface area contributed by atoms with E-state index in [4.69, 9.17) is 8.83 Å². The molecule has 0 saturated carbocycles. The van der Waals surface area contributed by atoms with Crippen molar-refractivity contribution < 1.29 is 8.83 Å². The predicted molar refractivity (Wildman–Crippen MR) is 204 cm³/mol. The topological polar surface area (TPSA) is 29.5 Å². The van der Waals surface area contributed by atoms with Gasteiger partial charge in [0.25, 0.3) is 0 Å². The lowest BCUT2D eigenvalue weighted by Crippen LogP contribution is -2.09. The molecule has 0 aliphatic carbocycles. The Balaban J connectivity index is 1.06. The number of nitrogens with zero attached hydrogens (tertiary/aromatic N) is 1. The molecule has 0 atom stereocenters. The SMILES string of the molecule is c1ccc(-c2ccc(N(c3ccc(-c4ccc5cc6oc7ccccc7c6cc5c4)cc3)c3ccc4oc5ccccc5c4c3)cc2)cc1. The molecule has 0 amide bonds. The van der Waals surface area contributed by atoms with Gasteiger partial charge in [-0.25, -0.2) is 0 Å². The summed E-state index contributed by atoms with van der Waals surface area (Å²) in [4.78, 5) is 2.32. The van der Waals surface area contributed by atoms with E-state index in [1.807, 2.05) is 24.3 Å². The number of hydrogen-bond donors (Lipinski definition) is 0. The van der Waals surface area contributed by atoms with Crippen LogP contribution in [0.15, 0.2) is 185 Å². The van der Waals surface area contributed by atoms with Gasteiger partial charge in [-0.2, -0.15) is 0 Å². The molecule has 8 aromatic carbocycles. The lowest BCUT2D eigenvalue weighted by atomic mass is 9.99. The quantitative estimate of drug-likeness (QED) is 0.190. The first-order chi connectivity index (χ1) is 24.2. The molecule has 10 aromatic rings. The van der Waals surface area contributed by atoms with E-state index in [0.717, 1.165) is 60.9 Å². The summed E-state index contributed by atoms with van der Waals surface area (Å²) in [5.41, 5.74) is 11.6. The Morgan fingerprint density at radius 1 is 0.286 bits per heavy atom. The molecule has 0 fully saturated rings. The minimum atomic E-state index is 0.886. The van der Waals surface area contributed by atoms with Gasteiger partial charge in [-0.1, -0.05) is 103 Å². The lowest BCUT2D eigenvalue weighted by Gasteiger charge is -2.26. The van der Waals surface area contributed by atoms with Crippen molar-refractivity contribution >= 4 is 71.7 Å². The highest BCUT2D eigenvalue weighted by Gasteiger charge is 2.16. The average Bonchev–Trinajstić information content (AvgIpc) is 3.72. The maximum absolute atomic E-state index is 6.17. The van der Waals surface area contributed by atoms with Crippen molar-refractivity contribution in [2.45, 2.75) is 0 Å². The number of para-hydroxylation sites is 2. The summed E-state index contributed by atoms with van der Waals surface area (Å²) in [6.07, 6.45) is 0. The summed E-state index contributed by atoms with van der Waals surface area (Å²) < 4.78 is 12.3. The summed E-state index contributed by atoms with van der Waals surface area (Å²) >= 11 is 0. The highest BCUT2D eigenvalue weighted by Crippen LogP contribution is 2.40. The molecule has 3 nitrogen and oxygen atoms in total. The molecular formula is C46H29NO2. The summed E-state index contributed by atoms with van der Waals surface area (Å²) in [6, 6.07) is 62.2. The van der Waals surface area contributed by atoms with Crippen molar-refractivity contribution in [2.75, 3.05) is 4.90 Å². The zero-order valence-corrected chi connectivity index (χ0v) is 26.5. The van der Waals surface area contributed by atoms with Gasteiger partial charge in [0.05, 0.1) is 0 Å². The predicted octanol–water partition coefficient (Wildman–Crippen LogP) is 13.4. The second-order valence-electron chi connectivity index (χ2n) is 12.6. The number of fused-ring (bicyclic) bond motifs is 7. The van der Waals surface area contributed by atoms with Gasteiger partial charge in [-0.15, -0.1) is 0 Å². The van der Waals surface area contributed by atoms with Crippen LogP contribution in [0.4, 0.5) is 17.1 Å². The maximum Gasteiger partial charge on any atom is 0.136 e. The molecule has 3 heteroatoms. The Kier molecular flexibility index (Phi) is 6.18. The average molecular weight is 628 g/mol. The molecule has 2 heterocycles. The monoisotopic (exact) mass is 627 g/mol. The molecule has 0 spiro atoms. The summed E-state index contributed by atoms with van der Waals surface area (Å²) in [7, 11) is 0. The van der Waals surface area contributed by atoms with E-state index in [1.54, 1.807) is 0 Å². The minimum Gasteiger partial charge on any atom is -0.456 e. The molecule has 10 rings (SSSR count). The van der Waals surface area contributed by atoms with Crippen molar-refractivity contribution in [3.63, 3.8) is 0 Å². The van der Waals surface area contributed by atoms with Crippen LogP contribution < -0.4 is 4.90 Å². The molecular weight excluding hydrogens is 599 g/mol. The fourth-order valence-electron chi connectivity index (χ4n) is 7.18. The van der Waals surface area contributed by atoms with Crippen LogP contribution in [0.5, 0.6) is 0 Å². The van der Waals surface area contributed by atoms with Crippen LogP contribution in [-0.4, -0.2) is 0 Å². The van der Waals surface area contributed by atoms with Crippen molar-refractivity contribution in [3.8, 4) is 22.3 Å². The van der Waals surface area contributed by atoms with Crippen LogP contribution in [-0.2, 0) is 0 Å². The van der Waals surface area contributed by atoms with Crippen molar-refractivity contribution in [3.05, 3.63) is 176 Å². The largest absolute Gasteiger partial charge is 0.456 e. The van der Waals surface area contributed by atoms with Gasteiger partial charge in [-0.05, 0) is 106 Å². The van der Waals surface area contributed by atoms with Crippen LogP contribution in [0.25, 0.3) is 76.9 Å². The number of furan rings is 2. The van der Waals surface area contributed by atoms with E-state index >= 15 is 0 Å². The Bertz CT molecular complexity index is 2810. The van der Waals surface area contributed by atoms with Gasteiger partial charge >= 0.3 is 0 Å². The summed E-state index contributed by atoms with van der Waals surface area (Å²) in [5.74, 6) is 0. The standard InChI is InChI=1S/C46H29NO2/c1-2-8-30(9-3-1)31-16-20-36(21-17-31)47(38-24-25-45-42(29-38)40-11-5-6-12-43(40)48-45)37-22-18-32(19-23-37)33-14-15-34-28-46-41(27-35(34)26-33)39-10-4-7-13-44(39)49-46/h1-29H. The molecule has 0 N–H and O–H groups in total. The van der Waals surface area contributed by atoms with Gasteiger partial charge in [0, 0.05) is 38.6 Å². The molecule has 0 saturated heterocycles. The Labute approximate surface area is 282 Å². The molecule has 230 valence electrons. The Morgan fingerprint density at radius 3 is 1.49 bits per heavy atom. The smallest absolute Gasteiger partial charge is 0.136 e. The number of benzene rings is 8. The summed E-state index contributed by atoms with van der Waals surface area (Å²) in [5, 5.41) is 6.87. The second-order valence-corrected chi connectivity index (χ2v) is 12.6. The van der Waals surface area contributed by atoms with E-state index in [-0.39, 0.29) is 0 Å². The zero-order chi connectivity index (χ0) is 32.3. The first-order valence-electron chi connectivity index (χ1n) is 16.6. The molecule has 0 aliphatic rings. The van der Waals surface area contributed by atoms with Crippen molar-refractivity contribution in [1.82, 2.24) is 0 Å². The van der Waals surface area contributed by atoms with Crippen molar-refractivity contribution in [1.29, 1.82) is 0 Å². The molecule has 0 unspecified atom stereocenters. The summed E-state index contributed by atoms with van der Waals surface area (Å²) in [6.45, 7) is 0. The fourth-order valence-corrected chi connectivity index (χ4v) is 7.18. The van der Waals surface area contributed by atoms with E-state index in [0.29, 0.717) is 0 Å². The zero-order valence-electron chi connectivity index (χ0n) is 26.5.